The first-order chi connectivity index (χ1) is 20.9. The molecule has 2 aliphatic rings. The predicted octanol–water partition coefficient (Wildman–Crippen LogP) is 5.39. The zero-order valence-electron chi connectivity index (χ0n) is 24.2. The summed E-state index contributed by atoms with van der Waals surface area (Å²) < 4.78 is 0. The van der Waals surface area contributed by atoms with Crippen LogP contribution in [0.15, 0.2) is 78.9 Å². The maximum Gasteiger partial charge on any atom is 0.254 e. The number of hydrogen-bond donors (Lipinski definition) is 2. The van der Waals surface area contributed by atoms with Crippen molar-refractivity contribution in [2.24, 2.45) is 0 Å². The smallest absolute Gasteiger partial charge is 0.254 e. The molecule has 0 unspecified atom stereocenters. The van der Waals surface area contributed by atoms with Crippen molar-refractivity contribution in [2.45, 2.75) is 37.8 Å². The Morgan fingerprint density at radius 3 is 1.72 bits per heavy atom. The van der Waals surface area contributed by atoms with Gasteiger partial charge >= 0.3 is 0 Å². The van der Waals surface area contributed by atoms with Crippen LogP contribution in [0.25, 0.3) is 12.2 Å². The summed E-state index contributed by atoms with van der Waals surface area (Å²) in [6, 6.07) is 23.3. The van der Waals surface area contributed by atoms with Gasteiger partial charge in [0.25, 0.3) is 5.91 Å². The summed E-state index contributed by atoms with van der Waals surface area (Å²) in [5, 5.41) is 5.91. The fourth-order valence-corrected chi connectivity index (χ4v) is 5.98. The Labute approximate surface area is 256 Å². The van der Waals surface area contributed by atoms with E-state index in [4.69, 9.17) is 0 Å². The van der Waals surface area contributed by atoms with E-state index in [0.29, 0.717) is 48.6 Å². The van der Waals surface area contributed by atoms with Gasteiger partial charge in [-0.15, -0.1) is 0 Å². The van der Waals surface area contributed by atoms with E-state index in [2.05, 4.69) is 10.6 Å². The van der Waals surface area contributed by atoms with Gasteiger partial charge in [-0.05, 0) is 79.5 Å². The van der Waals surface area contributed by atoms with Crippen molar-refractivity contribution in [3.05, 3.63) is 95.6 Å². The lowest BCUT2D eigenvalue weighted by Gasteiger charge is -2.24. The maximum atomic E-state index is 13.0. The third-order valence-electron chi connectivity index (χ3n) is 7.81. The number of nitrogens with one attached hydrogen (secondary N) is 2. The van der Waals surface area contributed by atoms with Gasteiger partial charge in [0.1, 0.15) is 12.1 Å². The molecule has 0 spiro atoms. The van der Waals surface area contributed by atoms with Crippen LogP contribution in [-0.2, 0) is 14.4 Å². The van der Waals surface area contributed by atoms with Crippen LogP contribution in [0.3, 0.4) is 0 Å². The van der Waals surface area contributed by atoms with Gasteiger partial charge in [-0.2, -0.15) is 11.8 Å². The Bertz CT molecular complexity index is 1470. The number of carbonyl (C=O) groups is 4. The number of hydrogen-bond acceptors (Lipinski definition) is 5. The van der Waals surface area contributed by atoms with Crippen LogP contribution in [0.2, 0.25) is 0 Å². The summed E-state index contributed by atoms with van der Waals surface area (Å²) in [4.78, 5) is 54.5. The molecule has 0 aliphatic carbocycles. The second-order valence-electron chi connectivity index (χ2n) is 10.8. The number of anilines is 2. The summed E-state index contributed by atoms with van der Waals surface area (Å²) in [7, 11) is 0. The number of nitrogens with zero attached hydrogens (tertiary/aromatic N) is 2. The number of thioether (sulfide) groups is 1. The van der Waals surface area contributed by atoms with Crippen LogP contribution in [0.1, 0.15) is 47.2 Å². The molecular formula is C34H36N4O4S. The molecule has 2 atom stereocenters. The minimum absolute atomic E-state index is 0.0110. The highest BCUT2D eigenvalue weighted by molar-refractivity contribution is 7.99. The molecule has 8 nitrogen and oxygen atoms in total. The van der Waals surface area contributed by atoms with Gasteiger partial charge < -0.3 is 20.4 Å². The lowest BCUT2D eigenvalue weighted by atomic mass is 10.1. The van der Waals surface area contributed by atoms with E-state index in [-0.39, 0.29) is 23.6 Å². The van der Waals surface area contributed by atoms with Gasteiger partial charge in [0, 0.05) is 30.0 Å². The largest absolute Gasteiger partial charge is 0.330 e. The molecule has 9 heteroatoms. The molecule has 2 fully saturated rings. The zero-order valence-corrected chi connectivity index (χ0v) is 25.0. The topological polar surface area (TPSA) is 98.8 Å². The second kappa shape index (κ2) is 14.2. The van der Waals surface area contributed by atoms with E-state index in [1.807, 2.05) is 85.1 Å². The van der Waals surface area contributed by atoms with Crippen molar-refractivity contribution in [1.29, 1.82) is 0 Å². The number of benzene rings is 3. The molecule has 2 aliphatic heterocycles. The molecule has 0 bridgehead atoms. The van der Waals surface area contributed by atoms with E-state index in [0.717, 1.165) is 24.0 Å². The molecule has 5 rings (SSSR count). The molecule has 0 saturated carbocycles. The molecule has 2 N–H and O–H groups in total. The van der Waals surface area contributed by atoms with Crippen molar-refractivity contribution in [2.75, 3.05) is 35.7 Å². The van der Waals surface area contributed by atoms with Crippen LogP contribution in [0, 0.1) is 0 Å². The Morgan fingerprint density at radius 1 is 0.721 bits per heavy atom. The summed E-state index contributed by atoms with van der Waals surface area (Å²) in [6.45, 7) is 1.20. The molecule has 4 amide bonds. The Hall–Kier alpha value is -4.37. The first kappa shape index (κ1) is 30.1. The van der Waals surface area contributed by atoms with Crippen molar-refractivity contribution < 1.29 is 19.2 Å². The number of amides is 4. The molecule has 3 aromatic carbocycles. The fourth-order valence-electron chi connectivity index (χ4n) is 5.57. The Balaban J connectivity index is 1.13. The van der Waals surface area contributed by atoms with Crippen LogP contribution in [0.4, 0.5) is 11.4 Å². The molecule has 222 valence electrons. The highest BCUT2D eigenvalue weighted by atomic mass is 32.2. The van der Waals surface area contributed by atoms with Gasteiger partial charge in [-0.25, -0.2) is 0 Å². The van der Waals surface area contributed by atoms with Crippen LogP contribution < -0.4 is 10.6 Å². The second-order valence-corrected chi connectivity index (χ2v) is 11.6. The van der Waals surface area contributed by atoms with E-state index in [1.54, 1.807) is 21.9 Å². The minimum Gasteiger partial charge on any atom is -0.330 e. The number of rotatable bonds is 9. The summed E-state index contributed by atoms with van der Waals surface area (Å²) in [6.07, 6.45) is 8.80. The van der Waals surface area contributed by atoms with Crippen molar-refractivity contribution >= 4 is 58.9 Å². The van der Waals surface area contributed by atoms with E-state index >= 15 is 0 Å². The van der Waals surface area contributed by atoms with Gasteiger partial charge in [0.05, 0.1) is 5.75 Å². The zero-order chi connectivity index (χ0) is 30.2. The molecular weight excluding hydrogens is 560 g/mol. The van der Waals surface area contributed by atoms with Gasteiger partial charge in [-0.1, -0.05) is 54.6 Å². The van der Waals surface area contributed by atoms with Crippen LogP contribution in [-0.4, -0.2) is 70.6 Å². The average molecular weight is 597 g/mol. The molecule has 43 heavy (non-hydrogen) atoms. The lowest BCUT2D eigenvalue weighted by Crippen LogP contribution is -2.43. The Kier molecular flexibility index (Phi) is 9.94. The van der Waals surface area contributed by atoms with Crippen molar-refractivity contribution in [3.63, 3.8) is 0 Å². The third-order valence-corrected chi connectivity index (χ3v) is 8.34. The Morgan fingerprint density at radius 2 is 1.21 bits per heavy atom. The lowest BCUT2D eigenvalue weighted by molar-refractivity contribution is -0.134. The number of likely N-dealkylation sites (tertiary alicyclic amines) is 2. The standard InChI is InChI=1S/C34H36N4O4S/c1-43-23-31(39)37-21-5-9-29(37)32(40)35-27-17-13-24(14-18-27)11-12-25-15-19-28(20-16-25)36-33(41)30-10-6-22-38(30)34(42)26-7-3-2-4-8-26/h2-4,7-8,11-20,29-30H,5-6,9-10,21-23H2,1H3,(H,35,40)(H,36,41)/b12-11+/t29-,30-/m0/s1. The molecule has 0 aromatic heterocycles. The molecule has 2 heterocycles. The summed E-state index contributed by atoms with van der Waals surface area (Å²) >= 11 is 1.47. The summed E-state index contributed by atoms with van der Waals surface area (Å²) in [5.41, 5.74) is 3.90. The quantitative estimate of drug-likeness (QED) is 0.323. The van der Waals surface area contributed by atoms with Gasteiger partial charge in [0.15, 0.2) is 0 Å². The first-order valence-electron chi connectivity index (χ1n) is 14.6. The monoisotopic (exact) mass is 596 g/mol. The third kappa shape index (κ3) is 7.53. The fraction of sp³-hybridized carbons (Fsp3) is 0.294. The first-order valence-corrected chi connectivity index (χ1v) is 16.0. The van der Waals surface area contributed by atoms with Crippen molar-refractivity contribution in [1.82, 2.24) is 9.80 Å². The SMILES string of the molecule is CSCC(=O)N1CCC[C@H]1C(=O)Nc1ccc(/C=C/c2ccc(NC(=O)[C@@H]3CCCN3C(=O)c3ccccc3)cc2)cc1. The number of carbonyl (C=O) groups excluding carboxylic acids is 4. The molecule has 0 radical (unpaired) electrons. The highest BCUT2D eigenvalue weighted by Crippen LogP contribution is 2.23. The molecule has 3 aromatic rings. The summed E-state index contributed by atoms with van der Waals surface area (Å²) in [5.74, 6) is -0.0430. The van der Waals surface area contributed by atoms with Gasteiger partial charge in [0.2, 0.25) is 17.7 Å². The van der Waals surface area contributed by atoms with Gasteiger partial charge in [-0.3, -0.25) is 19.2 Å². The van der Waals surface area contributed by atoms with E-state index in [9.17, 15) is 19.2 Å². The van der Waals surface area contributed by atoms with Crippen LogP contribution >= 0.6 is 11.8 Å². The maximum absolute atomic E-state index is 13.0. The minimum atomic E-state index is -0.486. The predicted molar refractivity (Wildman–Crippen MR) is 173 cm³/mol. The van der Waals surface area contributed by atoms with E-state index in [1.165, 1.54) is 11.8 Å². The van der Waals surface area contributed by atoms with Crippen LogP contribution in [0.5, 0.6) is 0 Å². The van der Waals surface area contributed by atoms with E-state index < -0.39 is 12.1 Å². The average Bonchev–Trinajstić information content (AvgIpc) is 3.73. The molecule has 2 saturated heterocycles. The van der Waals surface area contributed by atoms with Crippen molar-refractivity contribution in [3.8, 4) is 0 Å². The normalized spacial score (nSPS) is 18.2. The highest BCUT2D eigenvalue weighted by Gasteiger charge is 2.35.